The van der Waals surface area contributed by atoms with Gasteiger partial charge < -0.3 is 10.2 Å². The van der Waals surface area contributed by atoms with Crippen LogP contribution in [0.4, 0.5) is 0 Å². The van der Waals surface area contributed by atoms with Crippen molar-refractivity contribution in [3.63, 3.8) is 0 Å². The van der Waals surface area contributed by atoms with E-state index in [2.05, 4.69) is 27.2 Å². The molecule has 0 bridgehead atoms. The summed E-state index contributed by atoms with van der Waals surface area (Å²) in [4.78, 5) is 17.8. The second-order valence-electron chi connectivity index (χ2n) is 6.79. The minimum absolute atomic E-state index is 0.104. The Kier molecular flexibility index (Phi) is 6.58. The number of nitrogens with zero attached hydrogens (tertiary/aromatic N) is 2. The van der Waals surface area contributed by atoms with Gasteiger partial charge in [-0.05, 0) is 37.9 Å². The Balaban J connectivity index is 1.72. The lowest BCUT2D eigenvalue weighted by atomic mass is 9.95. The fraction of sp³-hybridized carbons (Fsp3) is 0.632. The van der Waals surface area contributed by atoms with Gasteiger partial charge in [-0.3, -0.25) is 9.69 Å². The van der Waals surface area contributed by atoms with E-state index in [9.17, 15) is 4.79 Å². The lowest BCUT2D eigenvalue weighted by Crippen LogP contribution is -2.48. The predicted molar refractivity (Wildman–Crippen MR) is 101 cm³/mol. The van der Waals surface area contributed by atoms with Crippen molar-refractivity contribution in [2.45, 2.75) is 18.9 Å². The molecule has 2 aliphatic heterocycles. The molecule has 132 valence electrons. The average Bonchev–Trinajstić information content (AvgIpc) is 2.64. The van der Waals surface area contributed by atoms with Gasteiger partial charge >= 0.3 is 0 Å². The van der Waals surface area contributed by atoms with E-state index in [0.717, 1.165) is 62.6 Å². The summed E-state index contributed by atoms with van der Waals surface area (Å²) >= 11 is 1.99. The molecular weight excluding hydrogens is 318 g/mol. The van der Waals surface area contributed by atoms with Crippen molar-refractivity contribution in [1.29, 1.82) is 0 Å². The normalized spacial score (nSPS) is 21.6. The Hall–Kier alpha value is -1.04. The standard InChI is InChI=1S/C19H29N3OS/c1-20-15-16-7-9-22(10-8-16)19(23)18(17-5-3-2-4-6-17)21-11-13-24-14-12-21/h2-6,16,18,20H,7-15H2,1H3. The Morgan fingerprint density at radius 3 is 2.46 bits per heavy atom. The lowest BCUT2D eigenvalue weighted by Gasteiger charge is -2.39. The number of likely N-dealkylation sites (tertiary alicyclic amines) is 1. The molecule has 2 fully saturated rings. The molecule has 1 aromatic carbocycles. The van der Waals surface area contributed by atoms with Crippen LogP contribution in [0.5, 0.6) is 0 Å². The van der Waals surface area contributed by atoms with E-state index >= 15 is 0 Å². The number of hydrogen-bond acceptors (Lipinski definition) is 4. The lowest BCUT2D eigenvalue weighted by molar-refractivity contribution is -0.138. The van der Waals surface area contributed by atoms with Crippen molar-refractivity contribution < 1.29 is 4.79 Å². The van der Waals surface area contributed by atoms with Crippen molar-refractivity contribution in [3.05, 3.63) is 35.9 Å². The molecule has 1 atom stereocenters. The second kappa shape index (κ2) is 8.88. The molecule has 0 aliphatic carbocycles. The maximum absolute atomic E-state index is 13.3. The highest BCUT2D eigenvalue weighted by molar-refractivity contribution is 7.99. The van der Waals surface area contributed by atoms with Crippen molar-refractivity contribution >= 4 is 17.7 Å². The van der Waals surface area contributed by atoms with Gasteiger partial charge in [-0.2, -0.15) is 11.8 Å². The van der Waals surface area contributed by atoms with Crippen LogP contribution >= 0.6 is 11.8 Å². The highest BCUT2D eigenvalue weighted by Crippen LogP contribution is 2.28. The number of rotatable bonds is 5. The smallest absolute Gasteiger partial charge is 0.244 e. The molecule has 1 amide bonds. The van der Waals surface area contributed by atoms with Gasteiger partial charge in [0.2, 0.25) is 5.91 Å². The van der Waals surface area contributed by atoms with Crippen LogP contribution in [0.1, 0.15) is 24.4 Å². The van der Waals surface area contributed by atoms with Gasteiger partial charge in [0.1, 0.15) is 6.04 Å². The molecule has 3 rings (SSSR count). The monoisotopic (exact) mass is 347 g/mol. The fourth-order valence-electron chi connectivity index (χ4n) is 3.80. The third-order valence-electron chi connectivity index (χ3n) is 5.18. The highest BCUT2D eigenvalue weighted by atomic mass is 32.2. The Labute approximate surface area is 150 Å². The SMILES string of the molecule is CNCC1CCN(C(=O)C(c2ccccc2)N2CCSCC2)CC1. The number of carbonyl (C=O) groups excluding carboxylic acids is 1. The van der Waals surface area contributed by atoms with Gasteiger partial charge in [0.25, 0.3) is 0 Å². The summed E-state index contributed by atoms with van der Waals surface area (Å²) in [5, 5.41) is 3.27. The number of nitrogens with one attached hydrogen (secondary N) is 1. The molecule has 1 N–H and O–H groups in total. The van der Waals surface area contributed by atoms with E-state index < -0.39 is 0 Å². The van der Waals surface area contributed by atoms with Crippen LogP contribution < -0.4 is 5.32 Å². The van der Waals surface area contributed by atoms with Gasteiger partial charge in [-0.15, -0.1) is 0 Å². The van der Waals surface area contributed by atoms with Crippen LogP contribution in [-0.2, 0) is 4.79 Å². The molecule has 0 radical (unpaired) electrons. The minimum atomic E-state index is -0.104. The van der Waals surface area contributed by atoms with E-state index in [1.807, 2.05) is 37.0 Å². The first-order valence-electron chi connectivity index (χ1n) is 9.09. The summed E-state index contributed by atoms with van der Waals surface area (Å²) in [5.74, 6) is 3.26. The first kappa shape index (κ1) is 17.8. The molecule has 2 heterocycles. The number of piperidine rings is 1. The fourth-order valence-corrected chi connectivity index (χ4v) is 4.73. The van der Waals surface area contributed by atoms with E-state index in [1.165, 1.54) is 0 Å². The summed E-state index contributed by atoms with van der Waals surface area (Å²) in [6, 6.07) is 10.2. The molecule has 1 aromatic rings. The topological polar surface area (TPSA) is 35.6 Å². The van der Waals surface area contributed by atoms with Crippen molar-refractivity contribution in [1.82, 2.24) is 15.1 Å². The third kappa shape index (κ3) is 4.32. The van der Waals surface area contributed by atoms with E-state index in [4.69, 9.17) is 0 Å². The number of hydrogen-bond donors (Lipinski definition) is 1. The quantitative estimate of drug-likeness (QED) is 0.886. The summed E-state index contributed by atoms with van der Waals surface area (Å²) in [6.07, 6.45) is 2.23. The first-order valence-corrected chi connectivity index (χ1v) is 10.2. The van der Waals surface area contributed by atoms with Gasteiger partial charge in [0.05, 0.1) is 0 Å². The third-order valence-corrected chi connectivity index (χ3v) is 6.12. The number of amides is 1. The molecule has 1 unspecified atom stereocenters. The highest BCUT2D eigenvalue weighted by Gasteiger charge is 2.33. The summed E-state index contributed by atoms with van der Waals surface area (Å²) in [6.45, 7) is 4.88. The first-order chi connectivity index (χ1) is 11.8. The zero-order valence-electron chi connectivity index (χ0n) is 14.6. The largest absolute Gasteiger partial charge is 0.341 e. The van der Waals surface area contributed by atoms with Gasteiger partial charge in [-0.25, -0.2) is 0 Å². The van der Waals surface area contributed by atoms with Crippen LogP contribution in [0.2, 0.25) is 0 Å². The number of thioether (sulfide) groups is 1. The van der Waals surface area contributed by atoms with Crippen LogP contribution in [0.25, 0.3) is 0 Å². The Morgan fingerprint density at radius 2 is 1.83 bits per heavy atom. The summed E-state index contributed by atoms with van der Waals surface area (Å²) < 4.78 is 0. The van der Waals surface area contributed by atoms with E-state index in [0.29, 0.717) is 11.8 Å². The van der Waals surface area contributed by atoms with Crippen molar-refractivity contribution in [2.24, 2.45) is 5.92 Å². The van der Waals surface area contributed by atoms with Gasteiger partial charge in [0.15, 0.2) is 0 Å². The molecule has 0 aromatic heterocycles. The number of benzene rings is 1. The zero-order chi connectivity index (χ0) is 16.8. The molecule has 2 aliphatic rings. The van der Waals surface area contributed by atoms with Gasteiger partial charge in [-0.1, -0.05) is 30.3 Å². The zero-order valence-corrected chi connectivity index (χ0v) is 15.4. The Bertz CT molecular complexity index is 511. The Morgan fingerprint density at radius 1 is 1.17 bits per heavy atom. The van der Waals surface area contributed by atoms with Crippen LogP contribution in [0.15, 0.2) is 30.3 Å². The maximum atomic E-state index is 13.3. The predicted octanol–water partition coefficient (Wildman–Crippen LogP) is 2.23. The van der Waals surface area contributed by atoms with Crippen LogP contribution in [-0.4, -0.2) is 67.0 Å². The van der Waals surface area contributed by atoms with Gasteiger partial charge in [0, 0.05) is 37.7 Å². The second-order valence-corrected chi connectivity index (χ2v) is 8.01. The summed E-state index contributed by atoms with van der Waals surface area (Å²) in [7, 11) is 2.01. The molecule has 2 saturated heterocycles. The molecule has 24 heavy (non-hydrogen) atoms. The van der Waals surface area contributed by atoms with E-state index in [-0.39, 0.29) is 6.04 Å². The van der Waals surface area contributed by atoms with E-state index in [1.54, 1.807) is 0 Å². The van der Waals surface area contributed by atoms with Crippen molar-refractivity contribution in [3.8, 4) is 0 Å². The van der Waals surface area contributed by atoms with Crippen molar-refractivity contribution in [2.75, 3.05) is 51.3 Å². The molecule has 4 nitrogen and oxygen atoms in total. The molecule has 0 spiro atoms. The molecule has 5 heteroatoms. The molecular formula is C19H29N3OS. The average molecular weight is 348 g/mol. The minimum Gasteiger partial charge on any atom is -0.341 e. The molecule has 0 saturated carbocycles. The number of carbonyl (C=O) groups is 1. The summed E-state index contributed by atoms with van der Waals surface area (Å²) in [5.41, 5.74) is 1.15. The maximum Gasteiger partial charge on any atom is 0.244 e. The van der Waals surface area contributed by atoms with Crippen LogP contribution in [0.3, 0.4) is 0 Å². The van der Waals surface area contributed by atoms with Crippen LogP contribution in [0, 0.1) is 5.92 Å².